The molecule has 0 radical (unpaired) electrons. The first-order valence-corrected chi connectivity index (χ1v) is 14.9. The minimum absolute atomic E-state index is 0.0724. The largest absolute Gasteiger partial charge is 0.477 e. The van der Waals surface area contributed by atoms with Gasteiger partial charge in [-0.25, -0.2) is 9.78 Å². The molecule has 4 heterocycles. The maximum atomic E-state index is 12.5. The van der Waals surface area contributed by atoms with E-state index in [-0.39, 0.29) is 16.9 Å². The topological polar surface area (TPSA) is 144 Å². The molecule has 0 spiro atoms. The molecule has 0 bridgehead atoms. The second kappa shape index (κ2) is 12.4. The number of carbonyl (C=O) groups is 2. The van der Waals surface area contributed by atoms with Gasteiger partial charge in [0.05, 0.1) is 11.8 Å². The summed E-state index contributed by atoms with van der Waals surface area (Å²) in [7, 11) is 0. The van der Waals surface area contributed by atoms with Crippen molar-refractivity contribution in [3.8, 4) is 0 Å². The van der Waals surface area contributed by atoms with Gasteiger partial charge in [0, 0.05) is 43.9 Å². The Kier molecular flexibility index (Phi) is 8.69. The highest BCUT2D eigenvalue weighted by Gasteiger charge is 2.29. The van der Waals surface area contributed by atoms with E-state index >= 15 is 0 Å². The Bertz CT molecular complexity index is 1400. The summed E-state index contributed by atoms with van der Waals surface area (Å²) in [4.78, 5) is 42.8. The zero-order chi connectivity index (χ0) is 29.1. The third kappa shape index (κ3) is 6.76. The van der Waals surface area contributed by atoms with Crippen molar-refractivity contribution in [2.75, 3.05) is 41.3 Å². The van der Waals surface area contributed by atoms with Crippen molar-refractivity contribution in [3.63, 3.8) is 0 Å². The second-order valence-electron chi connectivity index (χ2n) is 11.1. The van der Waals surface area contributed by atoms with Crippen LogP contribution in [0.2, 0.25) is 0 Å². The maximum Gasteiger partial charge on any atom is 0.347 e. The number of carboxylic acids is 1. The van der Waals surface area contributed by atoms with Crippen molar-refractivity contribution in [1.29, 1.82) is 0 Å². The van der Waals surface area contributed by atoms with E-state index in [2.05, 4.69) is 39.3 Å². The molecule has 12 heteroatoms. The van der Waals surface area contributed by atoms with Gasteiger partial charge in [-0.15, -0.1) is 0 Å². The van der Waals surface area contributed by atoms with Crippen molar-refractivity contribution in [1.82, 2.24) is 20.3 Å². The molecular weight excluding hydrogens is 542 g/mol. The molecule has 1 aromatic carbocycles. The smallest absolute Gasteiger partial charge is 0.347 e. The number of nitrogens with one attached hydrogen (secondary N) is 2. The molecule has 0 saturated carbocycles. The third-order valence-corrected chi connectivity index (χ3v) is 8.41. The highest BCUT2D eigenvalue weighted by atomic mass is 32.1. The number of piperidine rings is 1. The second-order valence-corrected chi connectivity index (χ2v) is 12.1. The Morgan fingerprint density at radius 1 is 1.07 bits per heavy atom. The summed E-state index contributed by atoms with van der Waals surface area (Å²) < 4.78 is 0. The molecule has 2 aliphatic rings. The molecule has 218 valence electrons. The zero-order valence-electron chi connectivity index (χ0n) is 23.7. The Balaban J connectivity index is 1.43. The molecule has 3 aromatic rings. The highest BCUT2D eigenvalue weighted by molar-refractivity contribution is 7.17. The molecule has 1 saturated heterocycles. The minimum atomic E-state index is -1.01. The van der Waals surface area contributed by atoms with Gasteiger partial charge in [0.15, 0.2) is 5.13 Å². The van der Waals surface area contributed by atoms with Gasteiger partial charge in [-0.1, -0.05) is 37.3 Å². The van der Waals surface area contributed by atoms with E-state index in [0.717, 1.165) is 53.5 Å². The third-order valence-electron chi connectivity index (χ3n) is 7.35. The Hall–Kier alpha value is -3.77. The van der Waals surface area contributed by atoms with Crippen molar-refractivity contribution >= 4 is 45.9 Å². The number of thiazole rings is 1. The number of amides is 1. The lowest BCUT2D eigenvalue weighted by atomic mass is 10.0. The van der Waals surface area contributed by atoms with E-state index in [0.29, 0.717) is 67.3 Å². The first-order chi connectivity index (χ1) is 19.7. The van der Waals surface area contributed by atoms with Crippen LogP contribution in [0.4, 0.5) is 22.7 Å². The van der Waals surface area contributed by atoms with E-state index in [4.69, 9.17) is 9.97 Å². The standard InChI is InChI=1S/C29H37N7O4S/c1-17(2)15-30-26(38)20-8-6-19(7-9-20)16-36-12-4-5-22-24(35-13-10-21(37)11-14-35)32-28(33-25(22)36)34-29-31-18(3)23(41-29)27(39)40/h6-9,17,21,37H,4-5,10-16H2,1-3H3,(H,30,38)(H,39,40)(H,31,32,33,34). The van der Waals surface area contributed by atoms with Crippen LogP contribution < -0.4 is 20.4 Å². The van der Waals surface area contributed by atoms with E-state index in [1.54, 1.807) is 6.92 Å². The van der Waals surface area contributed by atoms with E-state index in [1.165, 1.54) is 0 Å². The van der Waals surface area contributed by atoms with Crippen LogP contribution in [-0.2, 0) is 13.0 Å². The normalized spacial score (nSPS) is 15.6. The fourth-order valence-electron chi connectivity index (χ4n) is 5.17. The van der Waals surface area contributed by atoms with E-state index < -0.39 is 5.97 Å². The average molecular weight is 580 g/mol. The molecule has 1 amide bonds. The van der Waals surface area contributed by atoms with Crippen LogP contribution in [0.5, 0.6) is 0 Å². The summed E-state index contributed by atoms with van der Waals surface area (Å²) in [5, 5.41) is 26.1. The zero-order valence-corrected chi connectivity index (χ0v) is 24.5. The summed E-state index contributed by atoms with van der Waals surface area (Å²) >= 11 is 1.06. The lowest BCUT2D eigenvalue weighted by Crippen LogP contribution is -2.38. The predicted octanol–water partition coefficient (Wildman–Crippen LogP) is 3.98. The summed E-state index contributed by atoms with van der Waals surface area (Å²) in [6, 6.07) is 7.69. The molecule has 0 atom stereocenters. The number of aryl methyl sites for hydroxylation is 1. The van der Waals surface area contributed by atoms with Crippen LogP contribution in [-0.4, -0.2) is 69.3 Å². The maximum absolute atomic E-state index is 12.5. The van der Waals surface area contributed by atoms with Crippen molar-refractivity contribution in [2.45, 2.75) is 59.1 Å². The number of fused-ring (bicyclic) bond motifs is 1. The number of aromatic carboxylic acids is 1. The van der Waals surface area contributed by atoms with E-state index in [9.17, 15) is 19.8 Å². The van der Waals surface area contributed by atoms with Crippen molar-refractivity contribution in [2.24, 2.45) is 5.92 Å². The fraction of sp³-hybridized carbons (Fsp3) is 0.483. The van der Waals surface area contributed by atoms with Crippen LogP contribution in [0.25, 0.3) is 0 Å². The number of rotatable bonds is 9. The number of aliphatic hydroxyl groups is 1. The van der Waals surface area contributed by atoms with Gasteiger partial charge < -0.3 is 25.3 Å². The molecule has 0 aliphatic carbocycles. The fourth-order valence-corrected chi connectivity index (χ4v) is 5.97. The lowest BCUT2D eigenvalue weighted by Gasteiger charge is -2.36. The van der Waals surface area contributed by atoms with Gasteiger partial charge in [0.1, 0.15) is 16.5 Å². The molecule has 4 N–H and O–H groups in total. The van der Waals surface area contributed by atoms with Gasteiger partial charge in [0.2, 0.25) is 5.95 Å². The molecular formula is C29H37N7O4S. The highest BCUT2D eigenvalue weighted by Crippen LogP contribution is 2.36. The number of hydrogen-bond donors (Lipinski definition) is 4. The van der Waals surface area contributed by atoms with Crippen molar-refractivity contribution < 1.29 is 19.8 Å². The number of carbonyl (C=O) groups excluding carboxylic acids is 1. The number of anilines is 4. The predicted molar refractivity (Wildman–Crippen MR) is 160 cm³/mol. The van der Waals surface area contributed by atoms with Crippen LogP contribution in [0.3, 0.4) is 0 Å². The van der Waals surface area contributed by atoms with Gasteiger partial charge in [0.25, 0.3) is 5.91 Å². The Morgan fingerprint density at radius 3 is 2.44 bits per heavy atom. The molecule has 2 aromatic heterocycles. The first-order valence-electron chi connectivity index (χ1n) is 14.1. The summed E-state index contributed by atoms with van der Waals surface area (Å²) in [6.07, 6.45) is 2.85. The number of hydrogen-bond acceptors (Lipinski definition) is 10. The van der Waals surface area contributed by atoms with Crippen LogP contribution >= 0.6 is 11.3 Å². The SMILES string of the molecule is Cc1nc(Nc2nc(N3CCC(O)CC3)c3c(n2)N(Cc2ccc(C(=O)NCC(C)C)cc2)CCC3)sc1C(=O)O. The van der Waals surface area contributed by atoms with Gasteiger partial charge in [-0.05, 0) is 56.2 Å². The molecule has 1 fully saturated rings. The summed E-state index contributed by atoms with van der Waals surface area (Å²) in [6.45, 7) is 9.27. The Labute approximate surface area is 243 Å². The number of nitrogens with zero attached hydrogens (tertiary/aromatic N) is 5. The number of carboxylic acid groups (broad SMARTS) is 1. The lowest BCUT2D eigenvalue weighted by molar-refractivity contribution is 0.0700. The van der Waals surface area contributed by atoms with Gasteiger partial charge in [-0.3, -0.25) is 10.1 Å². The molecule has 2 aliphatic heterocycles. The number of aliphatic hydroxyl groups excluding tert-OH is 1. The minimum Gasteiger partial charge on any atom is -0.477 e. The first kappa shape index (κ1) is 28.7. The quantitative estimate of drug-likeness (QED) is 0.294. The van der Waals surface area contributed by atoms with Gasteiger partial charge >= 0.3 is 5.97 Å². The Morgan fingerprint density at radius 2 is 1.78 bits per heavy atom. The number of benzene rings is 1. The average Bonchev–Trinajstić information content (AvgIpc) is 3.32. The monoisotopic (exact) mass is 579 g/mol. The summed E-state index contributed by atoms with van der Waals surface area (Å²) in [5.74, 6) is 1.34. The van der Waals surface area contributed by atoms with Crippen molar-refractivity contribution in [3.05, 3.63) is 51.5 Å². The molecule has 11 nitrogen and oxygen atoms in total. The van der Waals surface area contributed by atoms with Crippen LogP contribution in [0.1, 0.15) is 70.0 Å². The molecule has 5 rings (SSSR count). The summed E-state index contributed by atoms with van der Waals surface area (Å²) in [5.41, 5.74) is 3.22. The molecule has 0 unspecified atom stereocenters. The van der Waals surface area contributed by atoms with Crippen LogP contribution in [0.15, 0.2) is 24.3 Å². The van der Waals surface area contributed by atoms with Gasteiger partial charge in [-0.2, -0.15) is 9.97 Å². The number of aromatic nitrogens is 3. The van der Waals surface area contributed by atoms with Crippen LogP contribution in [0, 0.1) is 12.8 Å². The van der Waals surface area contributed by atoms with E-state index in [1.807, 2.05) is 24.3 Å². The molecule has 41 heavy (non-hydrogen) atoms.